The van der Waals surface area contributed by atoms with Gasteiger partial charge in [-0.15, -0.1) is 0 Å². The molecule has 5 nitrogen and oxygen atoms in total. The average Bonchev–Trinajstić information content (AvgIpc) is 3.48. The van der Waals surface area contributed by atoms with Crippen molar-refractivity contribution in [1.82, 2.24) is 9.88 Å². The van der Waals surface area contributed by atoms with E-state index in [1.807, 2.05) is 42.6 Å². The molecule has 1 aromatic carbocycles. The summed E-state index contributed by atoms with van der Waals surface area (Å²) >= 11 is 0. The molecule has 2 fully saturated rings. The van der Waals surface area contributed by atoms with Gasteiger partial charge in [0, 0.05) is 24.2 Å². The zero-order chi connectivity index (χ0) is 17.4. The van der Waals surface area contributed by atoms with Crippen LogP contribution in [0.3, 0.4) is 0 Å². The summed E-state index contributed by atoms with van der Waals surface area (Å²) in [6.07, 6.45) is 5.34. The Balaban J connectivity index is 1.58. The summed E-state index contributed by atoms with van der Waals surface area (Å²) in [4.78, 5) is 18.1. The summed E-state index contributed by atoms with van der Waals surface area (Å²) < 4.78 is 0. The third kappa shape index (κ3) is 2.69. The zero-order valence-electron chi connectivity index (χ0n) is 13.7. The normalized spacial score (nSPS) is 25.1. The monoisotopic (exact) mass is 333 g/mol. The van der Waals surface area contributed by atoms with Gasteiger partial charge in [0.25, 0.3) is 0 Å². The van der Waals surface area contributed by atoms with Crippen LogP contribution >= 0.6 is 0 Å². The van der Waals surface area contributed by atoms with Crippen LogP contribution in [-0.4, -0.2) is 39.6 Å². The van der Waals surface area contributed by atoms with Crippen molar-refractivity contribution in [2.45, 2.75) is 30.8 Å². The van der Waals surface area contributed by atoms with Crippen molar-refractivity contribution in [3.63, 3.8) is 0 Å². The summed E-state index contributed by atoms with van der Waals surface area (Å²) in [5.74, 6) is -0.0618. The molecule has 4 rings (SSSR count). The number of aliphatic hydroxyl groups excluding tert-OH is 1. The lowest BCUT2D eigenvalue weighted by atomic mass is 9.75. The number of rotatable bonds is 4. The second-order valence-corrected chi connectivity index (χ2v) is 6.73. The highest BCUT2D eigenvalue weighted by Crippen LogP contribution is 2.44. The fourth-order valence-corrected chi connectivity index (χ4v) is 3.68. The molecule has 1 amide bonds. The number of likely N-dealkylation sites (tertiary alicyclic amines) is 1. The van der Waals surface area contributed by atoms with Crippen LogP contribution in [0, 0.1) is 17.2 Å². The zero-order valence-corrected chi connectivity index (χ0v) is 13.7. The van der Waals surface area contributed by atoms with Crippen LogP contribution < -0.4 is 0 Å². The Morgan fingerprint density at radius 1 is 1.24 bits per heavy atom. The van der Waals surface area contributed by atoms with Crippen LogP contribution in [-0.2, 0) is 4.79 Å². The van der Waals surface area contributed by atoms with E-state index in [2.05, 4.69) is 11.1 Å². The van der Waals surface area contributed by atoms with Crippen LogP contribution in [0.1, 0.15) is 24.3 Å². The van der Waals surface area contributed by atoms with Crippen molar-refractivity contribution in [3.8, 4) is 17.2 Å². The van der Waals surface area contributed by atoms with Gasteiger partial charge in [-0.1, -0.05) is 30.3 Å². The Bertz CT molecular complexity index is 809. The lowest BCUT2D eigenvalue weighted by molar-refractivity contribution is -0.148. The molecule has 126 valence electrons. The van der Waals surface area contributed by atoms with Crippen molar-refractivity contribution in [3.05, 3.63) is 54.4 Å². The number of aliphatic hydroxyl groups is 1. The highest BCUT2D eigenvalue weighted by molar-refractivity contribution is 5.83. The third-order valence-corrected chi connectivity index (χ3v) is 5.20. The molecular formula is C20H19N3O2. The lowest BCUT2D eigenvalue weighted by Gasteiger charge is -2.51. The molecule has 1 saturated carbocycles. The van der Waals surface area contributed by atoms with Crippen LogP contribution in [0.15, 0.2) is 48.8 Å². The first-order valence-corrected chi connectivity index (χ1v) is 8.57. The first kappa shape index (κ1) is 15.8. The van der Waals surface area contributed by atoms with Gasteiger partial charge in [0.05, 0.1) is 18.7 Å². The highest BCUT2D eigenvalue weighted by Gasteiger charge is 2.53. The fraction of sp³-hybridized carbons (Fsp3) is 0.350. The maximum Gasteiger partial charge on any atom is 0.227 e. The standard InChI is InChI=1S/C20H19N3O2/c21-10-17-19(18(12-24)23(17)20(25)15-7-8-15)14-5-3-13(4-6-14)16-2-1-9-22-11-16/h1-6,9,11,15,17-19,24H,7-8,12H2/t17-,18-,19+/m0/s1. The van der Waals surface area contributed by atoms with Crippen molar-refractivity contribution >= 4 is 5.91 Å². The van der Waals surface area contributed by atoms with Crippen molar-refractivity contribution in [2.75, 3.05) is 6.61 Å². The number of nitriles is 1. The molecule has 0 bridgehead atoms. The summed E-state index contributed by atoms with van der Waals surface area (Å²) in [5, 5.41) is 19.3. The average molecular weight is 333 g/mol. The van der Waals surface area contributed by atoms with E-state index < -0.39 is 6.04 Å². The minimum atomic E-state index is -0.491. The second kappa shape index (κ2) is 6.30. The van der Waals surface area contributed by atoms with E-state index in [0.717, 1.165) is 29.5 Å². The van der Waals surface area contributed by atoms with E-state index in [-0.39, 0.29) is 30.4 Å². The van der Waals surface area contributed by atoms with E-state index in [4.69, 9.17) is 0 Å². The van der Waals surface area contributed by atoms with Crippen LogP contribution in [0.4, 0.5) is 0 Å². The number of amides is 1. The van der Waals surface area contributed by atoms with Gasteiger partial charge in [-0.25, -0.2) is 0 Å². The maximum atomic E-state index is 12.4. The number of pyridine rings is 1. The largest absolute Gasteiger partial charge is 0.394 e. The predicted molar refractivity (Wildman–Crippen MR) is 92.3 cm³/mol. The lowest BCUT2D eigenvalue weighted by Crippen LogP contribution is -2.65. The molecule has 0 radical (unpaired) electrons. The molecule has 1 N–H and O–H groups in total. The molecule has 1 aliphatic heterocycles. The summed E-state index contributed by atoms with van der Waals surface area (Å²) in [7, 11) is 0. The van der Waals surface area contributed by atoms with Crippen molar-refractivity contribution < 1.29 is 9.90 Å². The number of hydrogen-bond donors (Lipinski definition) is 1. The van der Waals surface area contributed by atoms with Gasteiger partial charge >= 0.3 is 0 Å². The molecule has 5 heteroatoms. The molecule has 1 aliphatic carbocycles. The molecule has 3 atom stereocenters. The molecule has 2 aliphatic rings. The van der Waals surface area contributed by atoms with Crippen LogP contribution in [0.5, 0.6) is 0 Å². The van der Waals surface area contributed by atoms with Gasteiger partial charge in [0.1, 0.15) is 6.04 Å². The van der Waals surface area contributed by atoms with E-state index >= 15 is 0 Å². The summed E-state index contributed by atoms with van der Waals surface area (Å²) in [6, 6.07) is 13.3. The van der Waals surface area contributed by atoms with Crippen LogP contribution in [0.2, 0.25) is 0 Å². The predicted octanol–water partition coefficient (Wildman–Crippen LogP) is 2.34. The summed E-state index contributed by atoms with van der Waals surface area (Å²) in [5.41, 5.74) is 3.07. The molecule has 0 unspecified atom stereocenters. The Kier molecular flexibility index (Phi) is 3.98. The third-order valence-electron chi connectivity index (χ3n) is 5.20. The first-order valence-electron chi connectivity index (χ1n) is 8.57. The number of benzene rings is 1. The van der Waals surface area contributed by atoms with E-state index in [0.29, 0.717) is 0 Å². The first-order chi connectivity index (χ1) is 12.2. The second-order valence-electron chi connectivity index (χ2n) is 6.73. The van der Waals surface area contributed by atoms with Crippen molar-refractivity contribution in [2.24, 2.45) is 5.92 Å². The van der Waals surface area contributed by atoms with Gasteiger partial charge in [0.2, 0.25) is 5.91 Å². The Labute approximate surface area is 146 Å². The Morgan fingerprint density at radius 2 is 2.00 bits per heavy atom. The summed E-state index contributed by atoms with van der Waals surface area (Å²) in [6.45, 7) is -0.119. The minimum Gasteiger partial charge on any atom is -0.394 e. The molecule has 1 saturated heterocycles. The maximum absolute atomic E-state index is 12.4. The fourth-order valence-electron chi connectivity index (χ4n) is 3.68. The number of nitrogens with zero attached hydrogens (tertiary/aromatic N) is 3. The Morgan fingerprint density at radius 3 is 2.56 bits per heavy atom. The Hall–Kier alpha value is -2.71. The molecule has 2 aromatic rings. The van der Waals surface area contributed by atoms with Crippen molar-refractivity contribution in [1.29, 1.82) is 5.26 Å². The number of carbonyl (C=O) groups is 1. The molecule has 25 heavy (non-hydrogen) atoms. The van der Waals surface area contributed by atoms with Gasteiger partial charge in [-0.2, -0.15) is 5.26 Å². The van der Waals surface area contributed by atoms with E-state index in [1.165, 1.54) is 0 Å². The van der Waals surface area contributed by atoms with E-state index in [1.54, 1.807) is 11.1 Å². The van der Waals surface area contributed by atoms with E-state index in [9.17, 15) is 15.2 Å². The molecular weight excluding hydrogens is 314 g/mol. The quantitative estimate of drug-likeness (QED) is 0.931. The highest BCUT2D eigenvalue weighted by atomic mass is 16.3. The van der Waals surface area contributed by atoms with Gasteiger partial charge in [-0.3, -0.25) is 9.78 Å². The number of hydrogen-bond acceptors (Lipinski definition) is 4. The van der Waals surface area contributed by atoms with Gasteiger partial charge in [-0.05, 0) is 35.6 Å². The number of aromatic nitrogens is 1. The molecule has 2 heterocycles. The minimum absolute atomic E-state index is 0.0221. The number of carbonyl (C=O) groups excluding carboxylic acids is 1. The van der Waals surface area contributed by atoms with Gasteiger partial charge in [0.15, 0.2) is 0 Å². The SMILES string of the molecule is N#C[C@H]1[C@@H](c2ccc(-c3cccnc3)cc2)[C@H](CO)N1C(=O)C1CC1. The molecule has 0 spiro atoms. The topological polar surface area (TPSA) is 77.2 Å². The van der Waals surface area contributed by atoms with Gasteiger partial charge < -0.3 is 10.0 Å². The van der Waals surface area contributed by atoms with Crippen LogP contribution in [0.25, 0.3) is 11.1 Å². The smallest absolute Gasteiger partial charge is 0.227 e. The molecule has 1 aromatic heterocycles.